The lowest BCUT2D eigenvalue weighted by atomic mass is 9.86. The summed E-state index contributed by atoms with van der Waals surface area (Å²) in [6, 6.07) is 0. The molecule has 0 saturated carbocycles. The number of rotatable bonds is 2. The van der Waals surface area contributed by atoms with Gasteiger partial charge in [-0.15, -0.1) is 0 Å². The first-order valence-corrected chi connectivity index (χ1v) is 6.95. The Kier molecular flexibility index (Phi) is 5.39. The van der Waals surface area contributed by atoms with Crippen LogP contribution in [0.4, 0.5) is 4.79 Å². The molecule has 0 radical (unpaired) electrons. The van der Waals surface area contributed by atoms with Crippen LogP contribution in [0.3, 0.4) is 0 Å². The number of carbonyl (C=O) groups excluding carboxylic acids is 2. The molecule has 1 aliphatic rings. The molecule has 0 aliphatic carbocycles. The Morgan fingerprint density at radius 2 is 1.90 bits per heavy atom. The molecule has 0 unspecified atom stereocenters. The molecule has 6 heteroatoms. The molecule has 116 valence electrons. The van der Waals surface area contributed by atoms with Crippen LogP contribution in [0, 0.1) is 11.8 Å². The van der Waals surface area contributed by atoms with Crippen LogP contribution in [0.1, 0.15) is 34.1 Å². The Morgan fingerprint density at radius 3 is 2.35 bits per heavy atom. The van der Waals surface area contributed by atoms with Crippen LogP contribution < -0.4 is 0 Å². The van der Waals surface area contributed by atoms with Crippen molar-refractivity contribution in [2.45, 2.75) is 39.7 Å². The molecule has 1 rings (SSSR count). The highest BCUT2D eigenvalue weighted by atomic mass is 16.7. The van der Waals surface area contributed by atoms with Gasteiger partial charge in [0.2, 0.25) is 5.91 Å². The van der Waals surface area contributed by atoms with Gasteiger partial charge in [-0.25, -0.2) is 9.86 Å². The molecule has 6 nitrogen and oxygen atoms in total. The number of hydrogen-bond donors (Lipinski definition) is 0. The zero-order chi connectivity index (χ0) is 15.5. The van der Waals surface area contributed by atoms with Gasteiger partial charge in [-0.05, 0) is 33.1 Å². The van der Waals surface area contributed by atoms with E-state index in [0.29, 0.717) is 19.5 Å². The van der Waals surface area contributed by atoms with Gasteiger partial charge in [0, 0.05) is 26.1 Å². The van der Waals surface area contributed by atoms with Gasteiger partial charge in [0.25, 0.3) is 0 Å². The highest BCUT2D eigenvalue weighted by Crippen LogP contribution is 2.26. The molecule has 1 aliphatic heterocycles. The van der Waals surface area contributed by atoms with Crippen molar-refractivity contribution >= 4 is 12.0 Å². The Balaban J connectivity index is 2.59. The Morgan fingerprint density at radius 1 is 1.30 bits per heavy atom. The van der Waals surface area contributed by atoms with E-state index < -0.39 is 5.60 Å². The number of hydroxylamine groups is 2. The lowest BCUT2D eigenvalue weighted by Gasteiger charge is -2.37. The maximum absolute atomic E-state index is 12.1. The van der Waals surface area contributed by atoms with Crippen molar-refractivity contribution in [2.75, 3.05) is 27.2 Å². The van der Waals surface area contributed by atoms with Gasteiger partial charge in [-0.2, -0.15) is 0 Å². The summed E-state index contributed by atoms with van der Waals surface area (Å²) >= 11 is 0. The molecule has 1 heterocycles. The average molecular weight is 286 g/mol. The zero-order valence-electron chi connectivity index (χ0n) is 13.3. The lowest BCUT2D eigenvalue weighted by Crippen LogP contribution is -2.48. The number of hydrogen-bond acceptors (Lipinski definition) is 4. The fraction of sp³-hybridized carbons (Fsp3) is 0.857. The fourth-order valence-electron chi connectivity index (χ4n) is 2.33. The molecule has 0 spiro atoms. The number of likely N-dealkylation sites (tertiary alicyclic amines) is 1. The summed E-state index contributed by atoms with van der Waals surface area (Å²) in [6.07, 6.45) is 0.322. The fourth-order valence-corrected chi connectivity index (χ4v) is 2.33. The molecule has 1 fully saturated rings. The molecule has 20 heavy (non-hydrogen) atoms. The summed E-state index contributed by atoms with van der Waals surface area (Å²) in [6.45, 7) is 8.58. The normalized spacial score (nSPS) is 23.4. The van der Waals surface area contributed by atoms with Crippen molar-refractivity contribution in [3.05, 3.63) is 0 Å². The van der Waals surface area contributed by atoms with E-state index in [2.05, 4.69) is 0 Å². The van der Waals surface area contributed by atoms with Gasteiger partial charge in [0.1, 0.15) is 5.60 Å². The maximum Gasteiger partial charge on any atom is 0.410 e. The summed E-state index contributed by atoms with van der Waals surface area (Å²) in [7, 11) is 3.08. The maximum atomic E-state index is 12.1. The van der Waals surface area contributed by atoms with E-state index in [-0.39, 0.29) is 23.8 Å². The number of piperidine rings is 1. The van der Waals surface area contributed by atoms with Gasteiger partial charge in [-0.3, -0.25) is 9.63 Å². The molecular formula is C14H26N2O4. The third kappa shape index (κ3) is 4.37. The lowest BCUT2D eigenvalue weighted by molar-refractivity contribution is -0.176. The van der Waals surface area contributed by atoms with Crippen molar-refractivity contribution in [1.29, 1.82) is 0 Å². The van der Waals surface area contributed by atoms with Crippen molar-refractivity contribution < 1.29 is 19.2 Å². The minimum atomic E-state index is -0.497. The Bertz CT molecular complexity index is 365. The third-order valence-corrected chi connectivity index (χ3v) is 3.46. The highest BCUT2D eigenvalue weighted by Gasteiger charge is 2.36. The Labute approximate surface area is 121 Å². The van der Waals surface area contributed by atoms with Gasteiger partial charge in [0.15, 0.2) is 0 Å². The molecule has 0 aromatic rings. The number of amides is 2. The van der Waals surface area contributed by atoms with Crippen LogP contribution in [0.25, 0.3) is 0 Å². The monoisotopic (exact) mass is 286 g/mol. The Hall–Kier alpha value is -1.30. The molecule has 2 atom stereocenters. The first-order chi connectivity index (χ1) is 9.15. The molecule has 1 saturated heterocycles. The third-order valence-electron chi connectivity index (χ3n) is 3.46. The van der Waals surface area contributed by atoms with E-state index >= 15 is 0 Å². The van der Waals surface area contributed by atoms with Crippen molar-refractivity contribution in [3.63, 3.8) is 0 Å². The number of ether oxygens (including phenoxy) is 1. The second kappa shape index (κ2) is 6.43. The second-order valence-corrected chi connectivity index (χ2v) is 6.32. The van der Waals surface area contributed by atoms with Gasteiger partial charge in [0.05, 0.1) is 7.11 Å². The summed E-state index contributed by atoms with van der Waals surface area (Å²) in [5.74, 6) is -0.0659. The molecule has 0 bridgehead atoms. The zero-order valence-corrected chi connectivity index (χ0v) is 13.3. The number of carbonyl (C=O) groups is 2. The topological polar surface area (TPSA) is 59.1 Å². The van der Waals surface area contributed by atoms with Crippen LogP contribution in [0.15, 0.2) is 0 Å². The van der Waals surface area contributed by atoms with Crippen molar-refractivity contribution in [3.8, 4) is 0 Å². The van der Waals surface area contributed by atoms with Crippen molar-refractivity contribution in [1.82, 2.24) is 9.96 Å². The van der Waals surface area contributed by atoms with Gasteiger partial charge < -0.3 is 9.64 Å². The molecule has 2 amide bonds. The van der Waals surface area contributed by atoms with Gasteiger partial charge >= 0.3 is 6.09 Å². The highest BCUT2D eigenvalue weighted by molar-refractivity contribution is 5.78. The summed E-state index contributed by atoms with van der Waals surface area (Å²) in [5.41, 5.74) is -0.497. The summed E-state index contributed by atoms with van der Waals surface area (Å²) in [4.78, 5) is 30.7. The van der Waals surface area contributed by atoms with Crippen LogP contribution >= 0.6 is 0 Å². The minimum absolute atomic E-state index is 0.0381. The molecule has 0 N–H and O–H groups in total. The predicted molar refractivity (Wildman–Crippen MR) is 74.9 cm³/mol. The molecule has 0 aromatic carbocycles. The quantitative estimate of drug-likeness (QED) is 0.727. The predicted octanol–water partition coefficient (Wildman–Crippen LogP) is 1.90. The molecule has 0 aromatic heterocycles. The minimum Gasteiger partial charge on any atom is -0.444 e. The van der Waals surface area contributed by atoms with E-state index in [1.54, 1.807) is 11.9 Å². The SMILES string of the molecule is CON(C)C(=O)[C@H]1CCN(C(=O)OC(C)(C)C)C[C@@H]1C. The van der Waals surface area contributed by atoms with E-state index in [4.69, 9.17) is 9.57 Å². The van der Waals surface area contributed by atoms with E-state index in [0.717, 1.165) is 0 Å². The van der Waals surface area contributed by atoms with Gasteiger partial charge in [-0.1, -0.05) is 6.92 Å². The van der Waals surface area contributed by atoms with Crippen LogP contribution in [-0.2, 0) is 14.4 Å². The first kappa shape index (κ1) is 16.8. The molecular weight excluding hydrogens is 260 g/mol. The van der Waals surface area contributed by atoms with E-state index in [1.165, 1.54) is 12.2 Å². The van der Waals surface area contributed by atoms with Crippen molar-refractivity contribution in [2.24, 2.45) is 11.8 Å². The first-order valence-electron chi connectivity index (χ1n) is 6.95. The van der Waals surface area contributed by atoms with E-state index in [1.807, 2.05) is 27.7 Å². The summed E-state index contributed by atoms with van der Waals surface area (Å²) < 4.78 is 5.36. The smallest absolute Gasteiger partial charge is 0.410 e. The standard InChI is InChI=1S/C14H26N2O4/c1-10-9-16(13(18)20-14(2,3)4)8-7-11(10)12(17)15(5)19-6/h10-11H,7-9H2,1-6H3/t10-,11-/m0/s1. The van der Waals surface area contributed by atoms with Crippen LogP contribution in [-0.4, -0.2) is 54.8 Å². The van der Waals surface area contributed by atoms with Crippen LogP contribution in [0.5, 0.6) is 0 Å². The largest absolute Gasteiger partial charge is 0.444 e. The number of nitrogens with zero attached hydrogens (tertiary/aromatic N) is 2. The average Bonchev–Trinajstić information content (AvgIpc) is 2.34. The summed E-state index contributed by atoms with van der Waals surface area (Å²) in [5, 5.41) is 1.25. The van der Waals surface area contributed by atoms with Crippen LogP contribution in [0.2, 0.25) is 0 Å². The second-order valence-electron chi connectivity index (χ2n) is 6.32. The van der Waals surface area contributed by atoms with E-state index in [9.17, 15) is 9.59 Å².